The second-order valence-electron chi connectivity index (χ2n) is 4.50. The third kappa shape index (κ3) is 3.72. The largest absolute Gasteiger partial charge is 0.389 e. The molecule has 0 unspecified atom stereocenters. The Balaban J connectivity index is 2.15. The van der Waals surface area contributed by atoms with Gasteiger partial charge in [0.1, 0.15) is 4.99 Å². The van der Waals surface area contributed by atoms with Gasteiger partial charge >= 0.3 is 0 Å². The van der Waals surface area contributed by atoms with Crippen molar-refractivity contribution in [3.05, 3.63) is 63.1 Å². The van der Waals surface area contributed by atoms with E-state index < -0.39 is 0 Å². The van der Waals surface area contributed by atoms with Crippen molar-refractivity contribution < 1.29 is 0 Å². The van der Waals surface area contributed by atoms with Crippen molar-refractivity contribution in [2.24, 2.45) is 5.73 Å². The minimum absolute atomic E-state index is 0.412. The highest BCUT2D eigenvalue weighted by molar-refractivity contribution is 9.10. The van der Waals surface area contributed by atoms with Gasteiger partial charge in [-0.05, 0) is 42.0 Å². The molecule has 0 aromatic heterocycles. The zero-order valence-corrected chi connectivity index (χ0v) is 14.1. The molecule has 0 aliphatic rings. The topological polar surface area (TPSA) is 29.3 Å². The fraction of sp³-hybridized carbons (Fsp3) is 0.133. The van der Waals surface area contributed by atoms with E-state index in [1.165, 1.54) is 0 Å². The molecule has 0 fully saturated rings. The number of benzene rings is 2. The quantitative estimate of drug-likeness (QED) is 0.811. The van der Waals surface area contributed by atoms with Crippen LogP contribution in [-0.2, 0) is 6.54 Å². The van der Waals surface area contributed by atoms with Crippen LogP contribution < -0.4 is 10.6 Å². The first-order chi connectivity index (χ1) is 9.47. The summed E-state index contributed by atoms with van der Waals surface area (Å²) in [7, 11) is 2.02. The molecule has 0 amide bonds. The fourth-order valence-corrected chi connectivity index (χ4v) is 2.75. The van der Waals surface area contributed by atoms with Crippen molar-refractivity contribution in [2.75, 3.05) is 11.9 Å². The Bertz CT molecular complexity index is 628. The van der Waals surface area contributed by atoms with Gasteiger partial charge in [0.2, 0.25) is 0 Å². The summed E-state index contributed by atoms with van der Waals surface area (Å²) < 4.78 is 0.981. The number of nitrogens with two attached hydrogens (primary N) is 1. The molecule has 0 saturated carbocycles. The molecule has 0 aliphatic carbocycles. The van der Waals surface area contributed by atoms with E-state index in [9.17, 15) is 0 Å². The predicted molar refractivity (Wildman–Crippen MR) is 93.6 cm³/mol. The SMILES string of the molecule is CN(Cc1ccc(Br)cc1Cl)c1ccc(C(N)=S)cc1. The molecule has 0 spiro atoms. The van der Waals surface area contributed by atoms with Crippen molar-refractivity contribution in [2.45, 2.75) is 6.54 Å². The second kappa shape index (κ2) is 6.57. The average molecular weight is 370 g/mol. The lowest BCUT2D eigenvalue weighted by molar-refractivity contribution is 0.923. The monoisotopic (exact) mass is 368 g/mol. The van der Waals surface area contributed by atoms with E-state index in [1.54, 1.807) is 0 Å². The summed E-state index contributed by atoms with van der Waals surface area (Å²) in [6.07, 6.45) is 0. The smallest absolute Gasteiger partial charge is 0.103 e. The Kier molecular flexibility index (Phi) is 5.02. The summed E-state index contributed by atoms with van der Waals surface area (Å²) in [6, 6.07) is 13.8. The second-order valence-corrected chi connectivity index (χ2v) is 6.27. The molecular weight excluding hydrogens is 356 g/mol. The van der Waals surface area contributed by atoms with Gasteiger partial charge in [-0.2, -0.15) is 0 Å². The first-order valence-corrected chi connectivity index (χ1v) is 7.60. The molecule has 2 aromatic carbocycles. The van der Waals surface area contributed by atoms with Crippen molar-refractivity contribution >= 4 is 50.4 Å². The molecule has 20 heavy (non-hydrogen) atoms. The van der Waals surface area contributed by atoms with Crippen LogP contribution in [0, 0.1) is 0 Å². The third-order valence-electron chi connectivity index (χ3n) is 3.02. The van der Waals surface area contributed by atoms with Crippen LogP contribution in [-0.4, -0.2) is 12.0 Å². The van der Waals surface area contributed by atoms with Crippen molar-refractivity contribution in [1.82, 2.24) is 0 Å². The van der Waals surface area contributed by atoms with Gasteiger partial charge in [-0.3, -0.25) is 0 Å². The van der Waals surface area contributed by atoms with Gasteiger partial charge in [0.15, 0.2) is 0 Å². The van der Waals surface area contributed by atoms with E-state index >= 15 is 0 Å². The normalized spacial score (nSPS) is 10.3. The van der Waals surface area contributed by atoms with E-state index in [0.29, 0.717) is 4.99 Å². The Hall–Kier alpha value is -1.10. The summed E-state index contributed by atoms with van der Waals surface area (Å²) in [6.45, 7) is 0.735. The van der Waals surface area contributed by atoms with Gasteiger partial charge in [0, 0.05) is 34.3 Å². The molecule has 2 nitrogen and oxygen atoms in total. The van der Waals surface area contributed by atoms with E-state index in [1.807, 2.05) is 49.5 Å². The van der Waals surface area contributed by atoms with E-state index in [-0.39, 0.29) is 0 Å². The number of thiocarbonyl (C=S) groups is 1. The van der Waals surface area contributed by atoms with Gasteiger partial charge in [0.05, 0.1) is 0 Å². The number of halogens is 2. The molecule has 2 N–H and O–H groups in total. The molecular formula is C15H14BrClN2S. The average Bonchev–Trinajstić information content (AvgIpc) is 2.42. The summed E-state index contributed by atoms with van der Waals surface area (Å²) in [4.78, 5) is 2.54. The molecule has 104 valence electrons. The van der Waals surface area contributed by atoms with Crippen molar-refractivity contribution in [3.8, 4) is 0 Å². The van der Waals surface area contributed by atoms with Crippen molar-refractivity contribution in [1.29, 1.82) is 0 Å². The van der Waals surface area contributed by atoms with Gasteiger partial charge < -0.3 is 10.6 Å². The zero-order valence-electron chi connectivity index (χ0n) is 10.9. The summed E-state index contributed by atoms with van der Waals surface area (Å²) in [5.74, 6) is 0. The van der Waals surface area contributed by atoms with E-state index in [0.717, 1.165) is 32.9 Å². The number of rotatable bonds is 4. The Morgan fingerprint density at radius 2 is 1.90 bits per heavy atom. The van der Waals surface area contributed by atoms with Crippen LogP contribution in [0.5, 0.6) is 0 Å². The molecule has 2 aromatic rings. The van der Waals surface area contributed by atoms with E-state index in [2.05, 4.69) is 20.8 Å². The number of hydrogen-bond donors (Lipinski definition) is 1. The molecule has 0 aliphatic heterocycles. The lowest BCUT2D eigenvalue weighted by atomic mass is 10.1. The highest BCUT2D eigenvalue weighted by atomic mass is 79.9. The zero-order chi connectivity index (χ0) is 14.7. The highest BCUT2D eigenvalue weighted by Gasteiger charge is 2.06. The minimum Gasteiger partial charge on any atom is -0.389 e. The Morgan fingerprint density at radius 3 is 2.45 bits per heavy atom. The predicted octanol–water partition coefficient (Wildman–Crippen LogP) is 4.37. The van der Waals surface area contributed by atoms with Crippen LogP contribution >= 0.6 is 39.7 Å². The van der Waals surface area contributed by atoms with Crippen LogP contribution in [0.2, 0.25) is 5.02 Å². The molecule has 0 atom stereocenters. The first-order valence-electron chi connectivity index (χ1n) is 6.02. The molecule has 0 radical (unpaired) electrons. The maximum absolute atomic E-state index is 6.24. The van der Waals surface area contributed by atoms with Gasteiger partial charge in [0.25, 0.3) is 0 Å². The van der Waals surface area contributed by atoms with E-state index in [4.69, 9.17) is 29.6 Å². The fourth-order valence-electron chi connectivity index (χ4n) is 1.88. The third-order valence-corrected chi connectivity index (χ3v) is 4.10. The standard InChI is InChI=1S/C15H14BrClN2S/c1-19(9-11-2-5-12(16)8-14(11)17)13-6-3-10(4-7-13)15(18)20/h2-8H,9H2,1H3,(H2,18,20). The van der Waals surface area contributed by atoms with Crippen LogP contribution in [0.15, 0.2) is 46.9 Å². The van der Waals surface area contributed by atoms with Gasteiger partial charge in [-0.1, -0.05) is 45.8 Å². The van der Waals surface area contributed by atoms with Crippen molar-refractivity contribution in [3.63, 3.8) is 0 Å². The number of hydrogen-bond acceptors (Lipinski definition) is 2. The molecule has 0 saturated heterocycles. The Morgan fingerprint density at radius 1 is 1.25 bits per heavy atom. The lowest BCUT2D eigenvalue weighted by Crippen LogP contribution is -2.17. The van der Waals surface area contributed by atoms with Gasteiger partial charge in [-0.15, -0.1) is 0 Å². The van der Waals surface area contributed by atoms with Gasteiger partial charge in [-0.25, -0.2) is 0 Å². The van der Waals surface area contributed by atoms with Crippen LogP contribution in [0.25, 0.3) is 0 Å². The summed E-state index contributed by atoms with van der Waals surface area (Å²) in [5.41, 5.74) is 8.63. The highest BCUT2D eigenvalue weighted by Crippen LogP contribution is 2.24. The summed E-state index contributed by atoms with van der Waals surface area (Å²) in [5, 5.41) is 0.756. The first kappa shape index (κ1) is 15.3. The van der Waals surface area contributed by atoms with Crippen LogP contribution in [0.3, 0.4) is 0 Å². The number of nitrogens with zero attached hydrogens (tertiary/aromatic N) is 1. The molecule has 5 heteroatoms. The van der Waals surface area contributed by atoms with Crippen LogP contribution in [0.1, 0.15) is 11.1 Å². The maximum atomic E-state index is 6.24. The summed E-state index contributed by atoms with van der Waals surface area (Å²) >= 11 is 14.6. The molecule has 0 bridgehead atoms. The van der Waals surface area contributed by atoms with Crippen LogP contribution in [0.4, 0.5) is 5.69 Å². The lowest BCUT2D eigenvalue weighted by Gasteiger charge is -2.20. The molecule has 0 heterocycles. The Labute approximate surface area is 137 Å². The minimum atomic E-state index is 0.412. The molecule has 2 rings (SSSR count). The number of anilines is 1. The maximum Gasteiger partial charge on any atom is 0.103 e.